The molecule has 1 aromatic carbocycles. The van der Waals surface area contributed by atoms with Gasteiger partial charge in [0.15, 0.2) is 0 Å². The monoisotopic (exact) mass is 202 g/mol. The molecular formula is C13H18N2. The molecule has 0 unspecified atom stereocenters. The lowest BCUT2D eigenvalue weighted by atomic mass is 10.1. The van der Waals surface area contributed by atoms with Gasteiger partial charge in [-0.05, 0) is 38.6 Å². The Morgan fingerprint density at radius 1 is 1.27 bits per heavy atom. The predicted molar refractivity (Wildman–Crippen MR) is 65.3 cm³/mol. The summed E-state index contributed by atoms with van der Waals surface area (Å²) in [6.07, 6.45) is 1.10. The molecule has 0 aliphatic carbocycles. The number of para-hydroxylation sites is 1. The molecule has 1 aromatic heterocycles. The second-order valence-corrected chi connectivity index (χ2v) is 3.99. The zero-order chi connectivity index (χ0) is 10.8. The molecular weight excluding hydrogens is 184 g/mol. The molecule has 0 fully saturated rings. The van der Waals surface area contributed by atoms with E-state index in [1.165, 1.54) is 22.2 Å². The van der Waals surface area contributed by atoms with Crippen LogP contribution in [-0.2, 0) is 13.5 Å². The third-order valence-corrected chi connectivity index (χ3v) is 3.16. The van der Waals surface area contributed by atoms with Crippen molar-refractivity contribution >= 4 is 10.9 Å². The molecule has 0 atom stereocenters. The fourth-order valence-electron chi connectivity index (χ4n) is 2.16. The van der Waals surface area contributed by atoms with E-state index in [0.717, 1.165) is 13.0 Å². The van der Waals surface area contributed by atoms with E-state index in [4.69, 9.17) is 0 Å². The summed E-state index contributed by atoms with van der Waals surface area (Å²) in [5.74, 6) is 0. The van der Waals surface area contributed by atoms with Gasteiger partial charge < -0.3 is 9.88 Å². The van der Waals surface area contributed by atoms with Gasteiger partial charge in [-0.15, -0.1) is 0 Å². The number of benzene rings is 1. The van der Waals surface area contributed by atoms with Crippen LogP contribution in [0.25, 0.3) is 10.9 Å². The molecule has 15 heavy (non-hydrogen) atoms. The number of likely N-dealkylation sites (N-methyl/N-ethyl adjacent to an activating group) is 1. The second-order valence-electron chi connectivity index (χ2n) is 3.99. The van der Waals surface area contributed by atoms with E-state index in [9.17, 15) is 0 Å². The average molecular weight is 202 g/mol. The molecule has 2 nitrogen and oxygen atoms in total. The number of nitrogens with one attached hydrogen (secondary N) is 1. The maximum absolute atomic E-state index is 3.21. The van der Waals surface area contributed by atoms with Gasteiger partial charge in [-0.25, -0.2) is 0 Å². The van der Waals surface area contributed by atoms with Crippen molar-refractivity contribution in [1.29, 1.82) is 0 Å². The van der Waals surface area contributed by atoms with E-state index in [-0.39, 0.29) is 0 Å². The van der Waals surface area contributed by atoms with Gasteiger partial charge in [0.2, 0.25) is 0 Å². The lowest BCUT2D eigenvalue weighted by Crippen LogP contribution is -2.10. The maximum Gasteiger partial charge on any atom is 0.0482 e. The molecule has 2 aromatic rings. The Bertz CT molecular complexity index is 469. The van der Waals surface area contributed by atoms with Crippen molar-refractivity contribution in [1.82, 2.24) is 9.88 Å². The number of aryl methyl sites for hydroxylation is 1. The molecule has 2 rings (SSSR count). The van der Waals surface area contributed by atoms with Crippen LogP contribution >= 0.6 is 0 Å². The molecule has 0 saturated heterocycles. The average Bonchev–Trinajstić information content (AvgIpc) is 2.51. The van der Waals surface area contributed by atoms with Gasteiger partial charge in [0.05, 0.1) is 0 Å². The number of hydrogen-bond acceptors (Lipinski definition) is 1. The third-order valence-electron chi connectivity index (χ3n) is 3.16. The fourth-order valence-corrected chi connectivity index (χ4v) is 2.16. The lowest BCUT2D eigenvalue weighted by molar-refractivity contribution is 0.783. The molecule has 0 amide bonds. The first-order valence-corrected chi connectivity index (χ1v) is 5.43. The van der Waals surface area contributed by atoms with Crippen molar-refractivity contribution in [2.45, 2.75) is 13.3 Å². The highest BCUT2D eigenvalue weighted by molar-refractivity contribution is 5.85. The Morgan fingerprint density at radius 2 is 2.00 bits per heavy atom. The molecule has 0 saturated carbocycles. The first-order chi connectivity index (χ1) is 7.25. The molecule has 1 heterocycles. The Balaban J connectivity index is 2.56. The maximum atomic E-state index is 3.21. The van der Waals surface area contributed by atoms with E-state index in [1.54, 1.807) is 0 Å². The van der Waals surface area contributed by atoms with E-state index in [0.29, 0.717) is 0 Å². The van der Waals surface area contributed by atoms with E-state index >= 15 is 0 Å². The fraction of sp³-hybridized carbons (Fsp3) is 0.385. The highest BCUT2D eigenvalue weighted by Crippen LogP contribution is 2.24. The summed E-state index contributed by atoms with van der Waals surface area (Å²) in [6, 6.07) is 8.62. The predicted octanol–water partition coefficient (Wildman–Crippen LogP) is 2.25. The van der Waals surface area contributed by atoms with Gasteiger partial charge in [-0.2, -0.15) is 0 Å². The summed E-state index contributed by atoms with van der Waals surface area (Å²) >= 11 is 0. The number of hydrogen-bond donors (Lipinski definition) is 1. The first kappa shape index (κ1) is 10.2. The van der Waals surface area contributed by atoms with Crippen molar-refractivity contribution < 1.29 is 0 Å². The second kappa shape index (κ2) is 4.07. The summed E-state index contributed by atoms with van der Waals surface area (Å²) < 4.78 is 2.28. The summed E-state index contributed by atoms with van der Waals surface area (Å²) in [4.78, 5) is 0. The van der Waals surface area contributed by atoms with Crippen LogP contribution in [0.3, 0.4) is 0 Å². The normalized spacial score (nSPS) is 11.1. The third kappa shape index (κ3) is 1.65. The van der Waals surface area contributed by atoms with Gasteiger partial charge >= 0.3 is 0 Å². The van der Waals surface area contributed by atoms with Gasteiger partial charge in [0.1, 0.15) is 0 Å². The van der Waals surface area contributed by atoms with Gasteiger partial charge in [-0.1, -0.05) is 18.2 Å². The van der Waals surface area contributed by atoms with Crippen LogP contribution < -0.4 is 5.32 Å². The van der Waals surface area contributed by atoms with E-state index in [1.807, 2.05) is 7.05 Å². The Hall–Kier alpha value is -1.28. The molecule has 0 spiro atoms. The van der Waals surface area contributed by atoms with Crippen LogP contribution in [0.5, 0.6) is 0 Å². The quantitative estimate of drug-likeness (QED) is 0.807. The molecule has 0 aliphatic heterocycles. The zero-order valence-corrected chi connectivity index (χ0v) is 9.67. The van der Waals surface area contributed by atoms with Gasteiger partial charge in [-0.3, -0.25) is 0 Å². The van der Waals surface area contributed by atoms with Crippen LogP contribution in [0, 0.1) is 6.92 Å². The number of rotatable bonds is 3. The van der Waals surface area contributed by atoms with Crippen molar-refractivity contribution in [3.8, 4) is 0 Å². The minimum absolute atomic E-state index is 1.04. The Kier molecular flexibility index (Phi) is 2.78. The van der Waals surface area contributed by atoms with Gasteiger partial charge in [0.25, 0.3) is 0 Å². The molecule has 0 bridgehead atoms. The van der Waals surface area contributed by atoms with Crippen molar-refractivity contribution in [3.63, 3.8) is 0 Å². The van der Waals surface area contributed by atoms with Crippen molar-refractivity contribution in [3.05, 3.63) is 35.5 Å². The van der Waals surface area contributed by atoms with E-state index in [2.05, 4.69) is 48.1 Å². The molecule has 1 N–H and O–H groups in total. The summed E-state index contributed by atoms with van der Waals surface area (Å²) in [5.41, 5.74) is 4.19. The highest BCUT2D eigenvalue weighted by Gasteiger charge is 2.09. The largest absolute Gasteiger partial charge is 0.348 e. The van der Waals surface area contributed by atoms with Crippen LogP contribution in [-0.4, -0.2) is 18.2 Å². The zero-order valence-electron chi connectivity index (χ0n) is 9.67. The summed E-state index contributed by atoms with van der Waals surface area (Å²) in [7, 11) is 4.14. The number of fused-ring (bicyclic) bond motifs is 1. The summed E-state index contributed by atoms with van der Waals surface area (Å²) in [5, 5.41) is 4.60. The van der Waals surface area contributed by atoms with Crippen molar-refractivity contribution in [2.24, 2.45) is 7.05 Å². The highest BCUT2D eigenvalue weighted by atomic mass is 14.9. The molecule has 2 heteroatoms. The Morgan fingerprint density at radius 3 is 2.73 bits per heavy atom. The minimum Gasteiger partial charge on any atom is -0.348 e. The van der Waals surface area contributed by atoms with Crippen LogP contribution in [0.15, 0.2) is 24.3 Å². The molecule has 0 aliphatic rings. The van der Waals surface area contributed by atoms with E-state index < -0.39 is 0 Å². The lowest BCUT2D eigenvalue weighted by Gasteiger charge is -2.01. The number of aromatic nitrogens is 1. The van der Waals surface area contributed by atoms with Crippen molar-refractivity contribution in [2.75, 3.05) is 13.6 Å². The minimum atomic E-state index is 1.04. The van der Waals surface area contributed by atoms with Gasteiger partial charge in [0, 0.05) is 23.6 Å². The Labute approximate surface area is 90.9 Å². The smallest absolute Gasteiger partial charge is 0.0482 e. The topological polar surface area (TPSA) is 17.0 Å². The molecule has 0 radical (unpaired) electrons. The van der Waals surface area contributed by atoms with Crippen LogP contribution in [0.4, 0.5) is 0 Å². The van der Waals surface area contributed by atoms with Crippen LogP contribution in [0.2, 0.25) is 0 Å². The number of nitrogens with zero attached hydrogens (tertiary/aromatic N) is 1. The van der Waals surface area contributed by atoms with Crippen LogP contribution in [0.1, 0.15) is 11.3 Å². The summed E-state index contributed by atoms with van der Waals surface area (Å²) in [6.45, 7) is 3.24. The molecule has 80 valence electrons. The SMILES string of the molecule is CNCCc1c(C)n(C)c2ccccc12. The standard InChI is InChI=1S/C13H18N2/c1-10-11(8-9-14-2)12-6-4-5-7-13(12)15(10)3/h4-7,14H,8-9H2,1-3H3. The first-order valence-electron chi connectivity index (χ1n) is 5.43.